The van der Waals surface area contributed by atoms with Crippen molar-refractivity contribution in [2.24, 2.45) is 5.92 Å². The molecule has 1 aliphatic heterocycles. The summed E-state index contributed by atoms with van der Waals surface area (Å²) in [5.74, 6) is 2.58. The van der Waals surface area contributed by atoms with Gasteiger partial charge in [-0.2, -0.15) is 0 Å². The summed E-state index contributed by atoms with van der Waals surface area (Å²) in [6.45, 7) is 6.53. The van der Waals surface area contributed by atoms with E-state index in [1.54, 1.807) is 0 Å². The quantitative estimate of drug-likeness (QED) is 0.844. The molecular formula is C17H25NO3. The molecule has 0 bridgehead atoms. The van der Waals surface area contributed by atoms with E-state index in [1.165, 1.54) is 5.56 Å². The third kappa shape index (κ3) is 3.33. The Bertz CT molecular complexity index is 497. The van der Waals surface area contributed by atoms with Crippen molar-refractivity contribution in [3.63, 3.8) is 0 Å². The van der Waals surface area contributed by atoms with Crippen LogP contribution in [0.25, 0.3) is 0 Å². The van der Waals surface area contributed by atoms with Crippen LogP contribution in [-0.4, -0.2) is 30.5 Å². The van der Waals surface area contributed by atoms with Crippen molar-refractivity contribution in [3.8, 4) is 11.5 Å². The Labute approximate surface area is 126 Å². The smallest absolute Gasteiger partial charge is 0.124 e. The van der Waals surface area contributed by atoms with Crippen molar-refractivity contribution in [2.45, 2.75) is 51.9 Å². The lowest BCUT2D eigenvalue weighted by Gasteiger charge is -2.31. The monoisotopic (exact) mass is 291 g/mol. The number of fused-ring (bicyclic) bond motifs is 1. The van der Waals surface area contributed by atoms with E-state index in [9.17, 15) is 5.11 Å². The summed E-state index contributed by atoms with van der Waals surface area (Å²) in [7, 11) is 0. The van der Waals surface area contributed by atoms with E-state index in [2.05, 4.69) is 24.4 Å². The Kier molecular flexibility index (Phi) is 4.36. The molecule has 3 rings (SSSR count). The molecule has 1 aliphatic carbocycles. The highest BCUT2D eigenvalue weighted by Gasteiger charge is 2.26. The Balaban J connectivity index is 1.63. The average Bonchev–Trinajstić information content (AvgIpc) is 2.76. The summed E-state index contributed by atoms with van der Waals surface area (Å²) in [6.07, 6.45) is 3.00. The zero-order valence-corrected chi connectivity index (χ0v) is 12.9. The molecule has 116 valence electrons. The number of hydrogen-bond acceptors (Lipinski definition) is 4. The number of rotatable bonds is 6. The fourth-order valence-corrected chi connectivity index (χ4v) is 3.19. The molecule has 1 fully saturated rings. The van der Waals surface area contributed by atoms with E-state index in [1.807, 2.05) is 6.92 Å². The lowest BCUT2D eigenvalue weighted by Crippen LogP contribution is -2.35. The second-order valence-corrected chi connectivity index (χ2v) is 6.26. The largest absolute Gasteiger partial charge is 0.494 e. The summed E-state index contributed by atoms with van der Waals surface area (Å²) >= 11 is 0. The first-order valence-electron chi connectivity index (χ1n) is 7.99. The Morgan fingerprint density at radius 1 is 1.38 bits per heavy atom. The second kappa shape index (κ2) is 6.24. The van der Waals surface area contributed by atoms with Gasteiger partial charge in [-0.05, 0) is 51.3 Å². The molecule has 2 N–H and O–H groups in total. The molecule has 1 saturated carbocycles. The van der Waals surface area contributed by atoms with Gasteiger partial charge in [0.2, 0.25) is 0 Å². The van der Waals surface area contributed by atoms with Crippen LogP contribution in [0.1, 0.15) is 37.8 Å². The molecule has 0 aromatic heterocycles. The van der Waals surface area contributed by atoms with Gasteiger partial charge in [-0.25, -0.2) is 0 Å². The van der Waals surface area contributed by atoms with Crippen molar-refractivity contribution < 1.29 is 14.6 Å². The number of aliphatic hydroxyl groups excluding tert-OH is 1. The Morgan fingerprint density at radius 3 is 2.90 bits per heavy atom. The van der Waals surface area contributed by atoms with E-state index >= 15 is 0 Å². The molecule has 1 aromatic rings. The van der Waals surface area contributed by atoms with Crippen LogP contribution in [0.2, 0.25) is 0 Å². The maximum absolute atomic E-state index is 9.32. The second-order valence-electron chi connectivity index (χ2n) is 6.26. The molecular weight excluding hydrogens is 266 g/mol. The van der Waals surface area contributed by atoms with Gasteiger partial charge in [0, 0.05) is 24.1 Å². The van der Waals surface area contributed by atoms with Crippen molar-refractivity contribution in [1.29, 1.82) is 0 Å². The lowest BCUT2D eigenvalue weighted by atomic mass is 9.82. The van der Waals surface area contributed by atoms with Gasteiger partial charge in [-0.1, -0.05) is 0 Å². The van der Waals surface area contributed by atoms with Gasteiger partial charge in [0.05, 0.1) is 12.7 Å². The minimum absolute atomic E-state index is 0.0781. The minimum Gasteiger partial charge on any atom is -0.494 e. The van der Waals surface area contributed by atoms with E-state index < -0.39 is 0 Å². The predicted octanol–water partition coefficient (Wildman–Crippen LogP) is 2.27. The average molecular weight is 291 g/mol. The summed E-state index contributed by atoms with van der Waals surface area (Å²) in [5.41, 5.74) is 2.40. The van der Waals surface area contributed by atoms with Crippen molar-refractivity contribution in [1.82, 2.24) is 5.32 Å². The van der Waals surface area contributed by atoms with Gasteiger partial charge >= 0.3 is 0 Å². The standard InChI is InChI=1S/C17H25NO3/c1-3-20-16-7-13-4-11(2)21-17(13)8-14(16)10-18-9-12-5-15(19)6-12/h7-8,11-12,15,18-19H,3-6,9-10H2,1-2H3. The topological polar surface area (TPSA) is 50.7 Å². The molecule has 21 heavy (non-hydrogen) atoms. The number of aliphatic hydroxyl groups is 1. The van der Waals surface area contributed by atoms with Crippen LogP contribution >= 0.6 is 0 Å². The van der Waals surface area contributed by atoms with Crippen LogP contribution in [-0.2, 0) is 13.0 Å². The zero-order chi connectivity index (χ0) is 14.8. The maximum atomic E-state index is 9.32. The van der Waals surface area contributed by atoms with Crippen molar-refractivity contribution in [2.75, 3.05) is 13.2 Å². The maximum Gasteiger partial charge on any atom is 0.124 e. The summed E-state index contributed by atoms with van der Waals surface area (Å²) in [6, 6.07) is 4.25. The molecule has 0 amide bonds. The SMILES string of the molecule is CCOc1cc2c(cc1CNCC1CC(O)C1)OC(C)C2. The third-order valence-electron chi connectivity index (χ3n) is 4.34. The molecule has 1 atom stereocenters. The molecule has 0 spiro atoms. The lowest BCUT2D eigenvalue weighted by molar-refractivity contribution is 0.0429. The first-order chi connectivity index (χ1) is 10.2. The predicted molar refractivity (Wildman–Crippen MR) is 81.8 cm³/mol. The highest BCUT2D eigenvalue weighted by Crippen LogP contribution is 2.35. The summed E-state index contributed by atoms with van der Waals surface area (Å²) < 4.78 is 11.6. The molecule has 1 heterocycles. The van der Waals surface area contributed by atoms with E-state index in [0.717, 1.165) is 49.4 Å². The van der Waals surface area contributed by atoms with Crippen LogP contribution in [0.4, 0.5) is 0 Å². The van der Waals surface area contributed by atoms with Crippen LogP contribution in [0.15, 0.2) is 12.1 Å². The molecule has 0 radical (unpaired) electrons. The van der Waals surface area contributed by atoms with Gasteiger partial charge in [0.15, 0.2) is 0 Å². The first kappa shape index (κ1) is 14.7. The van der Waals surface area contributed by atoms with Gasteiger partial charge in [0.1, 0.15) is 17.6 Å². The highest BCUT2D eigenvalue weighted by molar-refractivity contribution is 5.48. The molecule has 2 aliphatic rings. The number of hydrogen-bond donors (Lipinski definition) is 2. The highest BCUT2D eigenvalue weighted by atomic mass is 16.5. The van der Waals surface area contributed by atoms with Gasteiger partial charge in [-0.3, -0.25) is 0 Å². The fourth-order valence-electron chi connectivity index (χ4n) is 3.19. The number of benzene rings is 1. The minimum atomic E-state index is -0.0781. The third-order valence-corrected chi connectivity index (χ3v) is 4.34. The molecule has 0 saturated heterocycles. The van der Waals surface area contributed by atoms with E-state index in [-0.39, 0.29) is 12.2 Å². The van der Waals surface area contributed by atoms with Gasteiger partial charge in [-0.15, -0.1) is 0 Å². The van der Waals surface area contributed by atoms with E-state index in [0.29, 0.717) is 12.5 Å². The Morgan fingerprint density at radius 2 is 2.19 bits per heavy atom. The van der Waals surface area contributed by atoms with Crippen molar-refractivity contribution >= 4 is 0 Å². The van der Waals surface area contributed by atoms with Crippen LogP contribution in [0.5, 0.6) is 11.5 Å². The van der Waals surface area contributed by atoms with Gasteiger partial charge < -0.3 is 19.9 Å². The normalized spacial score (nSPS) is 26.9. The van der Waals surface area contributed by atoms with E-state index in [4.69, 9.17) is 9.47 Å². The molecule has 4 nitrogen and oxygen atoms in total. The fraction of sp³-hybridized carbons (Fsp3) is 0.647. The zero-order valence-electron chi connectivity index (χ0n) is 12.9. The summed E-state index contributed by atoms with van der Waals surface area (Å²) in [5, 5.41) is 12.8. The summed E-state index contributed by atoms with van der Waals surface area (Å²) in [4.78, 5) is 0. The molecule has 1 unspecified atom stereocenters. The first-order valence-corrected chi connectivity index (χ1v) is 7.99. The Hall–Kier alpha value is -1.26. The van der Waals surface area contributed by atoms with Crippen LogP contribution in [0, 0.1) is 5.92 Å². The number of nitrogens with one attached hydrogen (secondary N) is 1. The van der Waals surface area contributed by atoms with Gasteiger partial charge in [0.25, 0.3) is 0 Å². The van der Waals surface area contributed by atoms with Crippen molar-refractivity contribution in [3.05, 3.63) is 23.3 Å². The van der Waals surface area contributed by atoms with Crippen LogP contribution in [0.3, 0.4) is 0 Å². The molecule has 1 aromatic carbocycles. The molecule has 4 heteroatoms. The number of ether oxygens (including phenoxy) is 2. The van der Waals surface area contributed by atoms with Crippen LogP contribution < -0.4 is 14.8 Å².